The maximum atomic E-state index is 12.0. The van der Waals surface area contributed by atoms with Gasteiger partial charge in [-0.05, 0) is 42.2 Å². The van der Waals surface area contributed by atoms with E-state index in [1.165, 1.54) is 11.1 Å². The van der Waals surface area contributed by atoms with Crippen molar-refractivity contribution in [1.29, 1.82) is 0 Å². The summed E-state index contributed by atoms with van der Waals surface area (Å²) in [6.45, 7) is 4.24. The average molecular weight is 347 g/mol. The lowest BCUT2D eigenvalue weighted by molar-refractivity contribution is 0.294. The summed E-state index contributed by atoms with van der Waals surface area (Å²) >= 11 is 0. The van der Waals surface area contributed by atoms with Crippen molar-refractivity contribution in [2.75, 3.05) is 13.1 Å². The third-order valence-electron chi connectivity index (χ3n) is 5.05. The second-order valence-corrected chi connectivity index (χ2v) is 6.76. The molecule has 1 N–H and O–H groups in total. The van der Waals surface area contributed by atoms with Gasteiger partial charge < -0.3 is 9.52 Å². The number of rotatable bonds is 3. The molecule has 26 heavy (non-hydrogen) atoms. The molecule has 0 saturated carbocycles. The SMILES string of the molecule is Cc1c(O)ccc2c(CN3CC=C(c4ccccc4)CC3)cc(=O)oc12. The van der Waals surface area contributed by atoms with E-state index in [-0.39, 0.29) is 11.4 Å². The molecule has 132 valence electrons. The van der Waals surface area contributed by atoms with E-state index >= 15 is 0 Å². The number of phenols is 1. The number of hydrogen-bond acceptors (Lipinski definition) is 4. The van der Waals surface area contributed by atoms with Crippen LogP contribution in [0.3, 0.4) is 0 Å². The van der Waals surface area contributed by atoms with Crippen molar-refractivity contribution in [2.24, 2.45) is 0 Å². The van der Waals surface area contributed by atoms with Crippen LogP contribution < -0.4 is 5.63 Å². The van der Waals surface area contributed by atoms with Crippen LogP contribution in [0.5, 0.6) is 5.75 Å². The first kappa shape index (κ1) is 16.6. The van der Waals surface area contributed by atoms with Crippen LogP contribution in [-0.2, 0) is 6.54 Å². The van der Waals surface area contributed by atoms with Gasteiger partial charge >= 0.3 is 5.63 Å². The molecule has 3 aromatic rings. The largest absolute Gasteiger partial charge is 0.508 e. The van der Waals surface area contributed by atoms with Crippen LogP contribution in [-0.4, -0.2) is 23.1 Å². The predicted octanol–water partition coefficient (Wildman–Crippen LogP) is 4.10. The number of aromatic hydroxyl groups is 1. The summed E-state index contributed by atoms with van der Waals surface area (Å²) in [5.74, 6) is 0.145. The van der Waals surface area contributed by atoms with Crippen LogP contribution in [0.15, 0.2) is 63.8 Å². The second-order valence-electron chi connectivity index (χ2n) is 6.76. The molecule has 0 atom stereocenters. The lowest BCUT2D eigenvalue weighted by Gasteiger charge is -2.27. The van der Waals surface area contributed by atoms with Gasteiger partial charge in [0, 0.05) is 36.7 Å². The summed E-state index contributed by atoms with van der Waals surface area (Å²) in [6, 6.07) is 15.5. The van der Waals surface area contributed by atoms with E-state index in [2.05, 4.69) is 35.2 Å². The monoisotopic (exact) mass is 347 g/mol. The Morgan fingerprint density at radius 1 is 1.15 bits per heavy atom. The van der Waals surface area contributed by atoms with E-state index in [4.69, 9.17) is 4.42 Å². The Kier molecular flexibility index (Phi) is 4.35. The van der Waals surface area contributed by atoms with Gasteiger partial charge in [-0.2, -0.15) is 0 Å². The summed E-state index contributed by atoms with van der Waals surface area (Å²) in [6.07, 6.45) is 3.26. The lowest BCUT2D eigenvalue weighted by Crippen LogP contribution is -2.28. The number of fused-ring (bicyclic) bond motifs is 1. The smallest absolute Gasteiger partial charge is 0.336 e. The van der Waals surface area contributed by atoms with Crippen molar-refractivity contribution >= 4 is 16.5 Å². The molecule has 1 aliphatic heterocycles. The van der Waals surface area contributed by atoms with Crippen LogP contribution in [0.4, 0.5) is 0 Å². The number of aryl methyl sites for hydroxylation is 1. The first-order valence-corrected chi connectivity index (χ1v) is 8.84. The third-order valence-corrected chi connectivity index (χ3v) is 5.05. The normalized spacial score (nSPS) is 15.2. The first-order chi connectivity index (χ1) is 12.6. The Morgan fingerprint density at radius 3 is 2.69 bits per heavy atom. The highest BCUT2D eigenvalue weighted by atomic mass is 16.4. The molecule has 2 heterocycles. The Morgan fingerprint density at radius 2 is 1.96 bits per heavy atom. The van der Waals surface area contributed by atoms with E-state index in [0.717, 1.165) is 30.5 Å². The lowest BCUT2D eigenvalue weighted by atomic mass is 9.99. The summed E-state index contributed by atoms with van der Waals surface area (Å²) < 4.78 is 5.33. The highest BCUT2D eigenvalue weighted by Crippen LogP contribution is 2.29. The molecule has 1 aromatic heterocycles. The minimum Gasteiger partial charge on any atom is -0.508 e. The molecular formula is C22H21NO3. The summed E-state index contributed by atoms with van der Waals surface area (Å²) in [5, 5.41) is 10.8. The van der Waals surface area contributed by atoms with E-state index in [1.54, 1.807) is 19.1 Å². The molecule has 0 radical (unpaired) electrons. The summed E-state index contributed by atoms with van der Waals surface area (Å²) in [7, 11) is 0. The second kappa shape index (κ2) is 6.81. The van der Waals surface area contributed by atoms with E-state index in [0.29, 0.717) is 17.7 Å². The minimum atomic E-state index is -0.376. The van der Waals surface area contributed by atoms with Crippen LogP contribution >= 0.6 is 0 Å². The Hall–Kier alpha value is -2.85. The van der Waals surface area contributed by atoms with Gasteiger partial charge in [-0.25, -0.2) is 4.79 Å². The standard InChI is InChI=1S/C22H21NO3/c1-15-20(24)8-7-19-18(13-21(25)26-22(15)19)14-23-11-9-17(10-12-23)16-5-3-2-4-6-16/h2-9,13,24H,10-12,14H2,1H3. The molecular weight excluding hydrogens is 326 g/mol. The molecule has 0 saturated heterocycles. The van der Waals surface area contributed by atoms with Crippen molar-refractivity contribution in [2.45, 2.75) is 19.9 Å². The number of nitrogens with zero attached hydrogens (tertiary/aromatic N) is 1. The van der Waals surface area contributed by atoms with Gasteiger partial charge in [0.1, 0.15) is 11.3 Å². The van der Waals surface area contributed by atoms with Gasteiger partial charge in [-0.3, -0.25) is 4.90 Å². The molecule has 0 aliphatic carbocycles. The summed E-state index contributed by atoms with van der Waals surface area (Å²) in [5.41, 5.74) is 4.30. The van der Waals surface area contributed by atoms with Crippen molar-refractivity contribution in [3.8, 4) is 5.75 Å². The molecule has 0 amide bonds. The topological polar surface area (TPSA) is 53.7 Å². The molecule has 4 nitrogen and oxygen atoms in total. The average Bonchev–Trinajstić information content (AvgIpc) is 2.66. The molecule has 0 fully saturated rings. The van der Waals surface area contributed by atoms with Gasteiger partial charge in [-0.1, -0.05) is 36.4 Å². The molecule has 2 aromatic carbocycles. The Bertz CT molecular complexity index is 1030. The Labute approximate surface area is 152 Å². The maximum absolute atomic E-state index is 12.0. The van der Waals surface area contributed by atoms with Crippen molar-refractivity contribution in [3.63, 3.8) is 0 Å². The number of benzene rings is 2. The third kappa shape index (κ3) is 3.16. The Balaban J connectivity index is 1.60. The molecule has 4 heteroatoms. The molecule has 0 spiro atoms. The fourth-order valence-electron chi connectivity index (χ4n) is 3.56. The van der Waals surface area contributed by atoms with E-state index in [1.807, 2.05) is 12.1 Å². The van der Waals surface area contributed by atoms with Crippen molar-refractivity contribution < 1.29 is 9.52 Å². The highest BCUT2D eigenvalue weighted by molar-refractivity contribution is 5.84. The molecule has 0 bridgehead atoms. The van der Waals surface area contributed by atoms with Gasteiger partial charge in [0.05, 0.1) is 0 Å². The van der Waals surface area contributed by atoms with Crippen LogP contribution in [0.1, 0.15) is 23.1 Å². The zero-order valence-electron chi connectivity index (χ0n) is 14.7. The molecule has 0 unspecified atom stereocenters. The van der Waals surface area contributed by atoms with Crippen LogP contribution in [0, 0.1) is 6.92 Å². The fraction of sp³-hybridized carbons (Fsp3) is 0.227. The fourth-order valence-corrected chi connectivity index (χ4v) is 3.56. The van der Waals surface area contributed by atoms with Crippen molar-refractivity contribution in [1.82, 2.24) is 4.90 Å². The summed E-state index contributed by atoms with van der Waals surface area (Å²) in [4.78, 5) is 14.3. The minimum absolute atomic E-state index is 0.145. The quantitative estimate of drug-likeness (QED) is 0.725. The zero-order valence-corrected chi connectivity index (χ0v) is 14.7. The van der Waals surface area contributed by atoms with Gasteiger partial charge in [0.15, 0.2) is 0 Å². The molecule has 4 rings (SSSR count). The zero-order chi connectivity index (χ0) is 18.1. The maximum Gasteiger partial charge on any atom is 0.336 e. The van der Waals surface area contributed by atoms with Crippen molar-refractivity contribution in [3.05, 3.63) is 81.7 Å². The van der Waals surface area contributed by atoms with Crippen LogP contribution in [0.2, 0.25) is 0 Å². The van der Waals surface area contributed by atoms with E-state index < -0.39 is 0 Å². The van der Waals surface area contributed by atoms with Gasteiger partial charge in [0.2, 0.25) is 0 Å². The number of hydrogen-bond donors (Lipinski definition) is 1. The van der Waals surface area contributed by atoms with Crippen LogP contribution in [0.25, 0.3) is 16.5 Å². The first-order valence-electron chi connectivity index (χ1n) is 8.84. The number of phenolic OH excluding ortho intramolecular Hbond substituents is 1. The predicted molar refractivity (Wildman–Crippen MR) is 103 cm³/mol. The molecule has 1 aliphatic rings. The van der Waals surface area contributed by atoms with Gasteiger partial charge in [-0.15, -0.1) is 0 Å². The van der Waals surface area contributed by atoms with E-state index in [9.17, 15) is 9.90 Å². The van der Waals surface area contributed by atoms with Gasteiger partial charge in [0.25, 0.3) is 0 Å². The highest BCUT2D eigenvalue weighted by Gasteiger charge is 2.16.